The lowest BCUT2D eigenvalue weighted by Gasteiger charge is -2.30. The monoisotopic (exact) mass is 179 g/mol. The van der Waals surface area contributed by atoms with E-state index in [1.165, 1.54) is 7.11 Å². The third-order valence-electron chi connectivity index (χ3n) is 2.09. The molecule has 1 saturated heterocycles. The third-order valence-corrected chi connectivity index (χ3v) is 2.67. The van der Waals surface area contributed by atoms with Crippen LogP contribution in [0.15, 0.2) is 0 Å². The van der Waals surface area contributed by atoms with Crippen molar-refractivity contribution in [2.45, 2.75) is 17.6 Å². The highest BCUT2D eigenvalue weighted by atomic mass is 31.0. The minimum Gasteiger partial charge on any atom is -0.386 e. The molecule has 1 heterocycles. The van der Waals surface area contributed by atoms with Crippen LogP contribution in [-0.2, 0) is 4.74 Å². The van der Waals surface area contributed by atoms with Gasteiger partial charge in [-0.2, -0.15) is 0 Å². The van der Waals surface area contributed by atoms with Gasteiger partial charge in [0.25, 0.3) is 0 Å². The number of rotatable bonds is 2. The summed E-state index contributed by atoms with van der Waals surface area (Å²) in [6, 6.07) is 0. The van der Waals surface area contributed by atoms with Gasteiger partial charge in [0.15, 0.2) is 0 Å². The maximum Gasteiger partial charge on any atom is 0.133 e. The van der Waals surface area contributed by atoms with E-state index in [0.717, 1.165) is 0 Å². The van der Waals surface area contributed by atoms with E-state index in [2.05, 4.69) is 14.6 Å². The largest absolute Gasteiger partial charge is 0.386 e. The van der Waals surface area contributed by atoms with E-state index in [1.54, 1.807) is 0 Å². The van der Waals surface area contributed by atoms with Gasteiger partial charge < -0.3 is 20.3 Å². The van der Waals surface area contributed by atoms with E-state index in [4.69, 9.17) is 4.74 Å². The molecular formula is C6H14NO3P. The molecule has 0 radical (unpaired) electrons. The SMILES string of the molecule is CO[C@H]1CNC[C@@]1(O)[C@@H](O)P. The van der Waals surface area contributed by atoms with Crippen LogP contribution in [-0.4, -0.2) is 48.0 Å². The molecule has 11 heavy (non-hydrogen) atoms. The Morgan fingerprint density at radius 1 is 1.82 bits per heavy atom. The molecule has 0 aromatic carbocycles. The number of β-amino-alcohol motifs (C(OH)–C–C–N with tert-alkyl or cyclic N) is 1. The first kappa shape index (κ1) is 9.36. The lowest BCUT2D eigenvalue weighted by molar-refractivity contribution is -0.101. The second-order valence-corrected chi connectivity index (χ2v) is 3.42. The second kappa shape index (κ2) is 3.33. The average Bonchev–Trinajstić information content (AvgIpc) is 2.32. The minimum absolute atomic E-state index is 0.324. The number of aliphatic hydroxyl groups is 2. The lowest BCUT2D eigenvalue weighted by Crippen LogP contribution is -2.50. The maximum absolute atomic E-state index is 9.77. The van der Waals surface area contributed by atoms with Gasteiger partial charge in [0.05, 0.1) is 5.85 Å². The summed E-state index contributed by atoms with van der Waals surface area (Å²) in [6.07, 6.45) is -0.324. The molecule has 1 aliphatic heterocycles. The Morgan fingerprint density at radius 3 is 2.82 bits per heavy atom. The fourth-order valence-corrected chi connectivity index (χ4v) is 1.61. The van der Waals surface area contributed by atoms with Crippen LogP contribution in [0.3, 0.4) is 0 Å². The number of aliphatic hydroxyl groups excluding tert-OH is 1. The van der Waals surface area contributed by atoms with Crippen molar-refractivity contribution in [3.8, 4) is 0 Å². The normalized spacial score (nSPS) is 40.9. The zero-order chi connectivity index (χ0) is 8.48. The van der Waals surface area contributed by atoms with Gasteiger partial charge in [-0.1, -0.05) is 0 Å². The molecule has 66 valence electrons. The number of nitrogens with one attached hydrogen (secondary N) is 1. The van der Waals surface area contributed by atoms with Gasteiger partial charge in [0, 0.05) is 20.2 Å². The van der Waals surface area contributed by atoms with Crippen molar-refractivity contribution in [1.82, 2.24) is 5.32 Å². The van der Waals surface area contributed by atoms with Gasteiger partial charge in [0.1, 0.15) is 11.7 Å². The molecule has 0 saturated carbocycles. The first-order valence-electron chi connectivity index (χ1n) is 3.51. The number of ether oxygens (including phenoxy) is 1. The fraction of sp³-hybridized carbons (Fsp3) is 1.00. The molecule has 0 amide bonds. The highest BCUT2D eigenvalue weighted by Crippen LogP contribution is 2.25. The number of hydrogen-bond acceptors (Lipinski definition) is 4. The summed E-state index contributed by atoms with van der Waals surface area (Å²) in [5, 5.41) is 21.9. The Bertz CT molecular complexity index is 144. The van der Waals surface area contributed by atoms with Crippen LogP contribution in [0.1, 0.15) is 0 Å². The molecule has 0 aromatic rings. The summed E-state index contributed by atoms with van der Waals surface area (Å²) in [4.78, 5) is 0. The van der Waals surface area contributed by atoms with Crippen molar-refractivity contribution in [3.63, 3.8) is 0 Å². The standard InChI is InChI=1S/C6H14NO3P/c1-10-4-2-7-3-6(4,9)5(8)11/h4-5,7-9H,2-3,11H2,1H3/t4-,5-,6-/m0/s1. The molecule has 4 nitrogen and oxygen atoms in total. The summed E-state index contributed by atoms with van der Waals surface area (Å²) >= 11 is 0. The molecule has 5 heteroatoms. The maximum atomic E-state index is 9.77. The van der Waals surface area contributed by atoms with Gasteiger partial charge in [0.2, 0.25) is 0 Å². The number of methoxy groups -OCH3 is 1. The van der Waals surface area contributed by atoms with E-state index < -0.39 is 11.4 Å². The summed E-state index contributed by atoms with van der Waals surface area (Å²) in [5.41, 5.74) is -1.15. The highest BCUT2D eigenvalue weighted by molar-refractivity contribution is 7.17. The minimum atomic E-state index is -1.15. The first-order chi connectivity index (χ1) is 5.11. The van der Waals surface area contributed by atoms with Crippen molar-refractivity contribution in [3.05, 3.63) is 0 Å². The van der Waals surface area contributed by atoms with Crippen LogP contribution in [0.25, 0.3) is 0 Å². The van der Waals surface area contributed by atoms with Crippen LogP contribution >= 0.6 is 9.24 Å². The highest BCUT2D eigenvalue weighted by Gasteiger charge is 2.45. The van der Waals surface area contributed by atoms with Crippen LogP contribution in [0.4, 0.5) is 0 Å². The van der Waals surface area contributed by atoms with Crippen molar-refractivity contribution < 1.29 is 14.9 Å². The third kappa shape index (κ3) is 1.55. The van der Waals surface area contributed by atoms with E-state index in [9.17, 15) is 10.2 Å². The van der Waals surface area contributed by atoms with Crippen molar-refractivity contribution in [2.24, 2.45) is 0 Å². The molecule has 3 N–H and O–H groups in total. The van der Waals surface area contributed by atoms with E-state index >= 15 is 0 Å². The predicted molar refractivity (Wildman–Crippen MR) is 44.3 cm³/mol. The predicted octanol–water partition coefficient (Wildman–Crippen LogP) is -1.47. The van der Waals surface area contributed by atoms with Gasteiger partial charge in [-0.3, -0.25) is 0 Å². The van der Waals surface area contributed by atoms with Crippen LogP contribution in [0.5, 0.6) is 0 Å². The molecule has 0 bridgehead atoms. The second-order valence-electron chi connectivity index (χ2n) is 2.79. The van der Waals surface area contributed by atoms with Crippen LogP contribution < -0.4 is 5.32 Å². The molecule has 4 atom stereocenters. The van der Waals surface area contributed by atoms with Gasteiger partial charge in [-0.15, -0.1) is 9.24 Å². The van der Waals surface area contributed by atoms with Crippen molar-refractivity contribution in [1.29, 1.82) is 0 Å². The molecule has 0 aliphatic carbocycles. The molecular weight excluding hydrogens is 165 g/mol. The van der Waals surface area contributed by atoms with Gasteiger partial charge >= 0.3 is 0 Å². The summed E-state index contributed by atoms with van der Waals surface area (Å²) in [6.45, 7) is 0.953. The molecule has 1 unspecified atom stereocenters. The summed E-state index contributed by atoms with van der Waals surface area (Å²) in [7, 11) is 3.69. The quantitative estimate of drug-likeness (QED) is 0.453. The average molecular weight is 179 g/mol. The van der Waals surface area contributed by atoms with Gasteiger partial charge in [-0.05, 0) is 0 Å². The molecule has 1 fully saturated rings. The van der Waals surface area contributed by atoms with E-state index in [-0.39, 0.29) is 6.10 Å². The summed E-state index contributed by atoms with van der Waals surface area (Å²) < 4.78 is 5.00. The van der Waals surface area contributed by atoms with E-state index in [0.29, 0.717) is 13.1 Å². The smallest absolute Gasteiger partial charge is 0.133 e. The number of hydrogen-bond donors (Lipinski definition) is 3. The van der Waals surface area contributed by atoms with E-state index in [1.807, 2.05) is 0 Å². The summed E-state index contributed by atoms with van der Waals surface area (Å²) in [5.74, 6) is -0.845. The Kier molecular flexibility index (Phi) is 2.84. The molecule has 1 aliphatic rings. The van der Waals surface area contributed by atoms with Crippen LogP contribution in [0, 0.1) is 0 Å². The topological polar surface area (TPSA) is 61.7 Å². The Labute approximate surface area is 68.1 Å². The Balaban J connectivity index is 2.67. The van der Waals surface area contributed by atoms with Crippen LogP contribution in [0.2, 0.25) is 0 Å². The lowest BCUT2D eigenvalue weighted by atomic mass is 10.0. The molecule has 0 spiro atoms. The first-order valence-corrected chi connectivity index (χ1v) is 4.17. The zero-order valence-corrected chi connectivity index (χ0v) is 7.60. The molecule has 1 rings (SSSR count). The van der Waals surface area contributed by atoms with Crippen molar-refractivity contribution in [2.75, 3.05) is 20.2 Å². The van der Waals surface area contributed by atoms with Gasteiger partial charge in [-0.25, -0.2) is 0 Å². The fourth-order valence-electron chi connectivity index (χ4n) is 1.28. The zero-order valence-electron chi connectivity index (χ0n) is 6.45. The van der Waals surface area contributed by atoms with Crippen molar-refractivity contribution >= 4 is 9.24 Å². The Morgan fingerprint density at radius 2 is 2.45 bits per heavy atom. The Hall–Kier alpha value is 0.270. The molecule has 0 aromatic heterocycles.